The van der Waals surface area contributed by atoms with E-state index >= 15 is 0 Å². The molecular weight excluding hydrogens is 380 g/mol. The van der Waals surface area contributed by atoms with Crippen molar-refractivity contribution in [2.24, 2.45) is 0 Å². The van der Waals surface area contributed by atoms with E-state index in [0.29, 0.717) is 26.2 Å². The van der Waals surface area contributed by atoms with Gasteiger partial charge in [-0.15, -0.1) is 0 Å². The van der Waals surface area contributed by atoms with E-state index < -0.39 is 0 Å². The van der Waals surface area contributed by atoms with E-state index in [1.54, 1.807) is 11.8 Å². The number of piperazine rings is 1. The third kappa shape index (κ3) is 5.52. The van der Waals surface area contributed by atoms with Gasteiger partial charge in [-0.25, -0.2) is 4.79 Å². The Bertz CT molecular complexity index is 671. The number of carbonyl (C=O) groups is 2. The molecule has 1 aromatic rings. The van der Waals surface area contributed by atoms with Gasteiger partial charge in [-0.05, 0) is 31.9 Å². The van der Waals surface area contributed by atoms with Gasteiger partial charge in [0.2, 0.25) is 5.91 Å². The van der Waals surface area contributed by atoms with Crippen LogP contribution in [0.5, 0.6) is 0 Å². The highest BCUT2D eigenvalue weighted by atomic mass is 35.5. The maximum atomic E-state index is 12.4. The van der Waals surface area contributed by atoms with Gasteiger partial charge in [0.15, 0.2) is 0 Å². The molecule has 154 valence electrons. The monoisotopic (exact) mass is 408 g/mol. The predicted octanol–water partition coefficient (Wildman–Crippen LogP) is 2.20. The van der Waals surface area contributed by atoms with E-state index in [1.807, 2.05) is 24.3 Å². The molecule has 28 heavy (non-hydrogen) atoms. The van der Waals surface area contributed by atoms with E-state index in [4.69, 9.17) is 16.3 Å². The summed E-state index contributed by atoms with van der Waals surface area (Å²) < 4.78 is 5.03. The molecule has 0 saturated carbocycles. The fourth-order valence-electron chi connectivity index (χ4n) is 3.75. The van der Waals surface area contributed by atoms with Crippen molar-refractivity contribution >= 4 is 29.3 Å². The molecule has 2 fully saturated rings. The largest absolute Gasteiger partial charge is 0.450 e. The molecule has 2 heterocycles. The molecule has 8 heteroatoms. The number of hydrogen-bond donors (Lipinski definition) is 1. The molecule has 0 unspecified atom stereocenters. The van der Waals surface area contributed by atoms with Crippen molar-refractivity contribution in [3.63, 3.8) is 0 Å². The van der Waals surface area contributed by atoms with E-state index in [2.05, 4.69) is 15.1 Å². The quantitative estimate of drug-likeness (QED) is 0.809. The van der Waals surface area contributed by atoms with Crippen molar-refractivity contribution in [2.45, 2.75) is 25.8 Å². The van der Waals surface area contributed by atoms with Gasteiger partial charge in [0.05, 0.1) is 23.9 Å². The molecule has 2 aliphatic heterocycles. The fraction of sp³-hybridized carbons (Fsp3) is 0.600. The molecule has 0 atom stereocenters. The Morgan fingerprint density at radius 2 is 1.79 bits per heavy atom. The van der Waals surface area contributed by atoms with Crippen LogP contribution in [0, 0.1) is 0 Å². The fourth-order valence-corrected chi connectivity index (χ4v) is 4.01. The van der Waals surface area contributed by atoms with Crippen molar-refractivity contribution in [1.29, 1.82) is 0 Å². The summed E-state index contributed by atoms with van der Waals surface area (Å²) in [6.07, 6.45) is 1.28. The van der Waals surface area contributed by atoms with Crippen LogP contribution in [-0.4, -0.2) is 80.3 Å². The molecule has 0 aliphatic carbocycles. The highest BCUT2D eigenvalue weighted by Gasteiger charge is 2.26. The number of carbonyl (C=O) groups excluding carboxylic acids is 2. The Kier molecular flexibility index (Phi) is 7.39. The normalized spacial score (nSPS) is 18.8. The third-order valence-electron chi connectivity index (χ3n) is 5.32. The summed E-state index contributed by atoms with van der Waals surface area (Å²) in [5, 5.41) is 3.88. The second-order valence-corrected chi connectivity index (χ2v) is 7.65. The number of halogens is 1. The summed E-state index contributed by atoms with van der Waals surface area (Å²) in [4.78, 5) is 30.3. The van der Waals surface area contributed by atoms with Crippen LogP contribution in [0.4, 0.5) is 10.5 Å². The van der Waals surface area contributed by atoms with Gasteiger partial charge in [-0.2, -0.15) is 0 Å². The van der Waals surface area contributed by atoms with Gasteiger partial charge in [0, 0.05) is 45.3 Å². The maximum Gasteiger partial charge on any atom is 0.409 e. The topological polar surface area (TPSA) is 65.1 Å². The van der Waals surface area contributed by atoms with Crippen LogP contribution in [0.15, 0.2) is 24.3 Å². The zero-order valence-corrected chi connectivity index (χ0v) is 17.2. The van der Waals surface area contributed by atoms with Crippen LogP contribution < -0.4 is 10.2 Å². The lowest BCUT2D eigenvalue weighted by atomic mass is 10.1. The number of piperidine rings is 1. The van der Waals surface area contributed by atoms with Crippen LogP contribution in [0.25, 0.3) is 0 Å². The average Bonchev–Trinajstić information content (AvgIpc) is 2.70. The Balaban J connectivity index is 1.37. The first-order chi connectivity index (χ1) is 13.6. The van der Waals surface area contributed by atoms with E-state index in [1.165, 1.54) is 0 Å². The number of likely N-dealkylation sites (tertiary alicyclic amines) is 1. The van der Waals surface area contributed by atoms with Crippen molar-refractivity contribution in [1.82, 2.24) is 15.1 Å². The second kappa shape index (κ2) is 9.98. The minimum Gasteiger partial charge on any atom is -0.450 e. The lowest BCUT2D eigenvalue weighted by molar-refractivity contribution is -0.123. The van der Waals surface area contributed by atoms with Gasteiger partial charge in [0.25, 0.3) is 0 Å². The van der Waals surface area contributed by atoms with Crippen LogP contribution in [-0.2, 0) is 9.53 Å². The molecule has 2 saturated heterocycles. The molecule has 0 aromatic heterocycles. The van der Waals surface area contributed by atoms with Crippen LogP contribution in [0.2, 0.25) is 5.02 Å². The van der Waals surface area contributed by atoms with Crippen molar-refractivity contribution in [2.75, 3.05) is 57.3 Å². The number of nitrogens with one attached hydrogen (secondary N) is 1. The Hall–Kier alpha value is -1.99. The van der Waals surface area contributed by atoms with Gasteiger partial charge >= 0.3 is 6.09 Å². The molecule has 2 aliphatic rings. The molecule has 1 aromatic carbocycles. The van der Waals surface area contributed by atoms with Gasteiger partial charge in [-0.3, -0.25) is 9.69 Å². The van der Waals surface area contributed by atoms with Crippen molar-refractivity contribution < 1.29 is 14.3 Å². The molecule has 1 N–H and O–H groups in total. The number of hydrogen-bond acceptors (Lipinski definition) is 5. The summed E-state index contributed by atoms with van der Waals surface area (Å²) in [6.45, 7) is 7.23. The number of anilines is 1. The van der Waals surface area contributed by atoms with E-state index in [9.17, 15) is 9.59 Å². The smallest absolute Gasteiger partial charge is 0.409 e. The van der Waals surface area contributed by atoms with Crippen molar-refractivity contribution in [3.05, 3.63) is 29.3 Å². The summed E-state index contributed by atoms with van der Waals surface area (Å²) in [6, 6.07) is 8.00. The Morgan fingerprint density at radius 3 is 2.43 bits per heavy atom. The maximum absolute atomic E-state index is 12.4. The first kappa shape index (κ1) is 20.7. The summed E-state index contributed by atoms with van der Waals surface area (Å²) in [7, 11) is 0. The molecule has 2 amide bonds. The molecule has 0 radical (unpaired) electrons. The number of nitrogens with zero attached hydrogens (tertiary/aromatic N) is 3. The highest BCUT2D eigenvalue weighted by molar-refractivity contribution is 6.33. The summed E-state index contributed by atoms with van der Waals surface area (Å²) >= 11 is 6.28. The minimum absolute atomic E-state index is 0.0563. The molecule has 3 rings (SSSR count). The molecule has 7 nitrogen and oxygen atoms in total. The van der Waals surface area contributed by atoms with Crippen molar-refractivity contribution in [3.8, 4) is 0 Å². The zero-order valence-electron chi connectivity index (χ0n) is 16.4. The van der Waals surface area contributed by atoms with E-state index in [0.717, 1.165) is 49.7 Å². The van der Waals surface area contributed by atoms with E-state index in [-0.39, 0.29) is 18.0 Å². The van der Waals surface area contributed by atoms with Gasteiger partial charge < -0.3 is 19.9 Å². The third-order valence-corrected chi connectivity index (χ3v) is 5.64. The minimum atomic E-state index is -0.260. The number of benzene rings is 1. The summed E-state index contributed by atoms with van der Waals surface area (Å²) in [5.74, 6) is 0.0563. The highest BCUT2D eigenvalue weighted by Crippen LogP contribution is 2.25. The number of para-hydroxylation sites is 1. The summed E-state index contributed by atoms with van der Waals surface area (Å²) in [5.41, 5.74) is 1.06. The number of rotatable bonds is 5. The Labute approximate surface area is 171 Å². The first-order valence-electron chi connectivity index (χ1n) is 9.99. The lowest BCUT2D eigenvalue weighted by Crippen LogP contribution is -2.52. The first-order valence-corrected chi connectivity index (χ1v) is 10.4. The van der Waals surface area contributed by atoms with Crippen LogP contribution in [0.3, 0.4) is 0 Å². The van der Waals surface area contributed by atoms with Gasteiger partial charge in [0.1, 0.15) is 0 Å². The number of ether oxygens (including phenoxy) is 1. The predicted molar refractivity (Wildman–Crippen MR) is 110 cm³/mol. The molecule has 0 bridgehead atoms. The van der Waals surface area contributed by atoms with Crippen LogP contribution >= 0.6 is 11.6 Å². The standard InChI is InChI=1S/C20H29ClN4O3/c1-2-28-20(27)25-9-7-16(8-10-25)22-19(26)15-23-11-13-24(14-12-23)18-6-4-3-5-17(18)21/h3-6,16H,2,7-15H2,1H3,(H,22,26). The van der Waals surface area contributed by atoms with Crippen LogP contribution in [0.1, 0.15) is 19.8 Å². The number of amides is 2. The average molecular weight is 409 g/mol. The zero-order chi connectivity index (χ0) is 19.9. The molecule has 0 spiro atoms. The lowest BCUT2D eigenvalue weighted by Gasteiger charge is -2.36. The van der Waals surface area contributed by atoms with Gasteiger partial charge in [-0.1, -0.05) is 23.7 Å². The Morgan fingerprint density at radius 1 is 1.11 bits per heavy atom. The SMILES string of the molecule is CCOC(=O)N1CCC(NC(=O)CN2CCN(c3ccccc3Cl)CC2)CC1. The molecular formula is C20H29ClN4O3. The second-order valence-electron chi connectivity index (χ2n) is 7.24.